The van der Waals surface area contributed by atoms with Gasteiger partial charge in [0.15, 0.2) is 0 Å². The van der Waals surface area contributed by atoms with Crippen LogP contribution in [0, 0.1) is 11.3 Å². The zero-order valence-corrected chi connectivity index (χ0v) is 12.3. The average Bonchev–Trinajstić information content (AvgIpc) is 2.72. The van der Waals surface area contributed by atoms with Crippen molar-refractivity contribution < 1.29 is 14.7 Å². The van der Waals surface area contributed by atoms with Crippen LogP contribution >= 0.6 is 0 Å². The molecule has 0 atom stereocenters. The van der Waals surface area contributed by atoms with E-state index in [9.17, 15) is 14.7 Å². The molecule has 0 aliphatic heterocycles. The van der Waals surface area contributed by atoms with Gasteiger partial charge in [0.25, 0.3) is 0 Å². The summed E-state index contributed by atoms with van der Waals surface area (Å²) in [7, 11) is 0. The van der Waals surface area contributed by atoms with Crippen LogP contribution in [0.2, 0.25) is 0 Å². The molecule has 0 unspecified atom stereocenters. The number of hydrogen-bond acceptors (Lipinski definition) is 2. The summed E-state index contributed by atoms with van der Waals surface area (Å²) in [5.74, 6) is -0.543. The van der Waals surface area contributed by atoms with Crippen molar-refractivity contribution in [3.8, 4) is 0 Å². The van der Waals surface area contributed by atoms with Gasteiger partial charge in [-0.1, -0.05) is 44.9 Å². The Morgan fingerprint density at radius 3 is 2.05 bits per heavy atom. The first kappa shape index (κ1) is 15.3. The molecule has 0 saturated heterocycles. The third kappa shape index (κ3) is 3.74. The van der Waals surface area contributed by atoms with Crippen molar-refractivity contribution in [3.05, 3.63) is 0 Å². The number of carbonyl (C=O) groups is 2. The number of aliphatic carboxylic acids is 1. The fraction of sp³-hybridized carbons (Fsp3) is 0.875. The van der Waals surface area contributed by atoms with Gasteiger partial charge in [-0.2, -0.15) is 0 Å². The number of carboxylic acid groups (broad SMARTS) is 1. The lowest BCUT2D eigenvalue weighted by Gasteiger charge is -2.29. The minimum Gasteiger partial charge on any atom is -0.481 e. The Bertz CT molecular complexity index is 340. The van der Waals surface area contributed by atoms with E-state index in [0.29, 0.717) is 19.4 Å². The molecule has 2 N–H and O–H groups in total. The van der Waals surface area contributed by atoms with E-state index in [4.69, 9.17) is 0 Å². The minimum absolute atomic E-state index is 0.0783. The molecule has 2 saturated carbocycles. The van der Waals surface area contributed by atoms with Crippen molar-refractivity contribution in [1.29, 1.82) is 0 Å². The molecule has 20 heavy (non-hydrogen) atoms. The average molecular weight is 281 g/mol. The molecule has 0 bridgehead atoms. The molecule has 2 fully saturated rings. The van der Waals surface area contributed by atoms with Gasteiger partial charge in [-0.25, -0.2) is 0 Å². The summed E-state index contributed by atoms with van der Waals surface area (Å²) in [5.41, 5.74) is -0.721. The fourth-order valence-corrected chi connectivity index (χ4v) is 3.64. The number of nitrogens with one attached hydrogen (secondary N) is 1. The summed E-state index contributed by atoms with van der Waals surface area (Å²) in [4.78, 5) is 23.9. The molecule has 0 heterocycles. The van der Waals surface area contributed by atoms with Crippen LogP contribution in [-0.2, 0) is 9.59 Å². The summed E-state index contributed by atoms with van der Waals surface area (Å²) in [5, 5.41) is 12.5. The molecule has 0 radical (unpaired) electrons. The molecule has 0 aromatic rings. The summed E-state index contributed by atoms with van der Waals surface area (Å²) in [6, 6.07) is 0. The van der Waals surface area contributed by atoms with Crippen LogP contribution < -0.4 is 5.32 Å². The highest BCUT2D eigenvalue weighted by atomic mass is 16.4. The van der Waals surface area contributed by atoms with Crippen LogP contribution in [0.1, 0.15) is 70.6 Å². The summed E-state index contributed by atoms with van der Waals surface area (Å²) >= 11 is 0. The first-order valence-electron chi connectivity index (χ1n) is 8.15. The SMILES string of the molecule is O=C(NCC1(C(=O)O)CCCCCC1)C1CCCCC1. The van der Waals surface area contributed by atoms with Gasteiger partial charge in [0.1, 0.15) is 0 Å². The predicted molar refractivity (Wildman–Crippen MR) is 77.4 cm³/mol. The Balaban J connectivity index is 1.91. The molecule has 114 valence electrons. The molecule has 1 amide bonds. The highest BCUT2D eigenvalue weighted by molar-refractivity contribution is 5.80. The van der Waals surface area contributed by atoms with Crippen LogP contribution in [-0.4, -0.2) is 23.5 Å². The van der Waals surface area contributed by atoms with E-state index in [1.807, 2.05) is 0 Å². The number of hydrogen-bond donors (Lipinski definition) is 2. The molecule has 2 rings (SSSR count). The van der Waals surface area contributed by atoms with Crippen molar-refractivity contribution in [2.75, 3.05) is 6.54 Å². The molecule has 0 aromatic heterocycles. The van der Waals surface area contributed by atoms with Gasteiger partial charge in [0, 0.05) is 12.5 Å². The van der Waals surface area contributed by atoms with Crippen LogP contribution in [0.3, 0.4) is 0 Å². The lowest BCUT2D eigenvalue weighted by molar-refractivity contribution is -0.150. The minimum atomic E-state index is -0.733. The Kier molecular flexibility index (Phi) is 5.44. The Labute approximate surface area is 121 Å². The Hall–Kier alpha value is -1.06. The summed E-state index contributed by atoms with van der Waals surface area (Å²) in [6.45, 7) is 0.317. The van der Waals surface area contributed by atoms with Gasteiger partial charge in [0.2, 0.25) is 5.91 Å². The molecule has 2 aliphatic rings. The van der Waals surface area contributed by atoms with E-state index < -0.39 is 11.4 Å². The van der Waals surface area contributed by atoms with Gasteiger partial charge < -0.3 is 10.4 Å². The quantitative estimate of drug-likeness (QED) is 0.778. The number of rotatable bonds is 4. The third-order valence-corrected chi connectivity index (χ3v) is 5.09. The summed E-state index contributed by atoms with van der Waals surface area (Å²) < 4.78 is 0. The van der Waals surface area contributed by atoms with Gasteiger partial charge >= 0.3 is 5.97 Å². The Morgan fingerprint density at radius 2 is 1.50 bits per heavy atom. The normalized spacial score (nSPS) is 23.8. The maximum Gasteiger partial charge on any atom is 0.311 e. The molecular formula is C16H27NO3. The van der Waals surface area contributed by atoms with Crippen molar-refractivity contribution in [2.24, 2.45) is 11.3 Å². The van der Waals surface area contributed by atoms with E-state index in [1.54, 1.807) is 0 Å². The molecule has 0 spiro atoms. The highest BCUT2D eigenvalue weighted by Gasteiger charge is 2.39. The molecule has 2 aliphatic carbocycles. The van der Waals surface area contributed by atoms with Crippen LogP contribution in [0.4, 0.5) is 0 Å². The van der Waals surface area contributed by atoms with E-state index in [2.05, 4.69) is 5.32 Å². The third-order valence-electron chi connectivity index (χ3n) is 5.09. The topological polar surface area (TPSA) is 66.4 Å². The second-order valence-corrected chi connectivity index (χ2v) is 6.55. The first-order valence-corrected chi connectivity index (χ1v) is 8.15. The fourth-order valence-electron chi connectivity index (χ4n) is 3.64. The van der Waals surface area contributed by atoms with E-state index in [1.165, 1.54) is 6.42 Å². The van der Waals surface area contributed by atoms with Gasteiger partial charge in [0.05, 0.1) is 5.41 Å². The lowest BCUT2D eigenvalue weighted by atomic mass is 9.80. The maximum absolute atomic E-state index is 12.2. The van der Waals surface area contributed by atoms with Crippen molar-refractivity contribution >= 4 is 11.9 Å². The van der Waals surface area contributed by atoms with Gasteiger partial charge in [-0.3, -0.25) is 9.59 Å². The second kappa shape index (κ2) is 7.09. The van der Waals surface area contributed by atoms with Crippen LogP contribution in [0.5, 0.6) is 0 Å². The van der Waals surface area contributed by atoms with Crippen molar-refractivity contribution in [2.45, 2.75) is 70.6 Å². The summed E-state index contributed by atoms with van der Waals surface area (Å²) in [6.07, 6.45) is 11.0. The largest absolute Gasteiger partial charge is 0.481 e. The number of carbonyl (C=O) groups excluding carboxylic acids is 1. The van der Waals surface area contributed by atoms with E-state index in [0.717, 1.165) is 51.4 Å². The standard InChI is InChI=1S/C16H27NO3/c18-14(13-8-4-3-5-9-13)17-12-16(15(19)20)10-6-1-2-7-11-16/h13H,1-12H2,(H,17,18)(H,19,20). The maximum atomic E-state index is 12.2. The zero-order chi connectivity index (χ0) is 14.4. The van der Waals surface area contributed by atoms with Crippen LogP contribution in [0.25, 0.3) is 0 Å². The predicted octanol–water partition coefficient (Wildman–Crippen LogP) is 3.11. The molecule has 4 nitrogen and oxygen atoms in total. The lowest BCUT2D eigenvalue weighted by Crippen LogP contribution is -2.44. The monoisotopic (exact) mass is 281 g/mol. The van der Waals surface area contributed by atoms with Gasteiger partial charge in [-0.15, -0.1) is 0 Å². The highest BCUT2D eigenvalue weighted by Crippen LogP contribution is 2.35. The second-order valence-electron chi connectivity index (χ2n) is 6.55. The van der Waals surface area contributed by atoms with Gasteiger partial charge in [-0.05, 0) is 25.7 Å². The molecular weight excluding hydrogens is 254 g/mol. The smallest absolute Gasteiger partial charge is 0.311 e. The number of amides is 1. The first-order chi connectivity index (χ1) is 9.64. The van der Waals surface area contributed by atoms with E-state index >= 15 is 0 Å². The number of carboxylic acids is 1. The van der Waals surface area contributed by atoms with Crippen LogP contribution in [0.15, 0.2) is 0 Å². The van der Waals surface area contributed by atoms with Crippen molar-refractivity contribution in [1.82, 2.24) is 5.32 Å². The van der Waals surface area contributed by atoms with E-state index in [-0.39, 0.29) is 11.8 Å². The molecule has 0 aromatic carbocycles. The van der Waals surface area contributed by atoms with Crippen molar-refractivity contribution in [3.63, 3.8) is 0 Å². The molecule has 4 heteroatoms. The zero-order valence-electron chi connectivity index (χ0n) is 12.3. The Morgan fingerprint density at radius 1 is 0.950 bits per heavy atom.